The van der Waals surface area contributed by atoms with Gasteiger partial charge in [-0.25, -0.2) is 9.67 Å². The van der Waals surface area contributed by atoms with Gasteiger partial charge in [0.1, 0.15) is 12.2 Å². The van der Waals surface area contributed by atoms with Crippen LogP contribution in [0.15, 0.2) is 36.8 Å². The summed E-state index contributed by atoms with van der Waals surface area (Å²) in [6.45, 7) is 3.77. The molecular weight excluding hydrogens is 252 g/mol. The van der Waals surface area contributed by atoms with Crippen molar-refractivity contribution in [3.63, 3.8) is 0 Å². The fourth-order valence-electron chi connectivity index (χ4n) is 2.43. The first-order valence-corrected chi connectivity index (χ1v) is 6.87. The standard InChI is InChI=1S/C15H18N4O/c1-2-6-19-15(16-11-17-19)9-18-7-5-13-4-3-12(10-20)8-14(13)18/h3-5,7-8,11,20H,2,6,9-10H2,1H3. The summed E-state index contributed by atoms with van der Waals surface area (Å²) < 4.78 is 4.09. The molecule has 3 aromatic rings. The summed E-state index contributed by atoms with van der Waals surface area (Å²) in [6, 6.07) is 8.09. The molecule has 0 fully saturated rings. The Bertz CT molecular complexity index is 714. The lowest BCUT2D eigenvalue weighted by atomic mass is 10.2. The molecule has 0 aliphatic rings. The molecule has 0 aliphatic carbocycles. The highest BCUT2D eigenvalue weighted by molar-refractivity contribution is 5.80. The van der Waals surface area contributed by atoms with Crippen molar-refractivity contribution in [2.75, 3.05) is 0 Å². The summed E-state index contributed by atoms with van der Waals surface area (Å²) in [5.41, 5.74) is 2.04. The van der Waals surface area contributed by atoms with Crippen molar-refractivity contribution >= 4 is 10.9 Å². The molecule has 104 valence electrons. The van der Waals surface area contributed by atoms with E-state index in [1.807, 2.05) is 22.9 Å². The molecule has 0 amide bonds. The Morgan fingerprint density at radius 3 is 2.95 bits per heavy atom. The number of aryl methyl sites for hydroxylation is 1. The molecule has 5 heteroatoms. The molecule has 0 bridgehead atoms. The van der Waals surface area contributed by atoms with Crippen LogP contribution in [-0.4, -0.2) is 24.4 Å². The maximum Gasteiger partial charge on any atom is 0.146 e. The van der Waals surface area contributed by atoms with Crippen molar-refractivity contribution in [3.05, 3.63) is 48.2 Å². The van der Waals surface area contributed by atoms with E-state index in [2.05, 4.69) is 33.8 Å². The maximum absolute atomic E-state index is 9.26. The predicted molar refractivity (Wildman–Crippen MR) is 77.3 cm³/mol. The van der Waals surface area contributed by atoms with Gasteiger partial charge in [0.25, 0.3) is 0 Å². The van der Waals surface area contributed by atoms with Gasteiger partial charge in [-0.1, -0.05) is 19.1 Å². The second-order valence-corrected chi connectivity index (χ2v) is 4.89. The molecule has 1 aromatic carbocycles. The average Bonchev–Trinajstić information content (AvgIpc) is 3.07. The minimum absolute atomic E-state index is 0.0626. The molecule has 2 heterocycles. The van der Waals surface area contributed by atoms with E-state index in [1.165, 1.54) is 5.39 Å². The Kier molecular flexibility index (Phi) is 3.52. The Morgan fingerprint density at radius 1 is 1.25 bits per heavy atom. The van der Waals surface area contributed by atoms with Gasteiger partial charge in [0.2, 0.25) is 0 Å². The molecular formula is C15H18N4O. The third kappa shape index (κ3) is 2.32. The predicted octanol–water partition coefficient (Wildman–Crippen LogP) is 2.18. The molecule has 0 spiro atoms. The molecule has 0 saturated carbocycles. The van der Waals surface area contributed by atoms with E-state index >= 15 is 0 Å². The molecule has 20 heavy (non-hydrogen) atoms. The zero-order valence-corrected chi connectivity index (χ0v) is 11.5. The average molecular weight is 270 g/mol. The van der Waals surface area contributed by atoms with Crippen molar-refractivity contribution in [3.8, 4) is 0 Å². The first-order valence-electron chi connectivity index (χ1n) is 6.87. The SMILES string of the molecule is CCCn1ncnc1Cn1ccc2ccc(CO)cc21. The minimum Gasteiger partial charge on any atom is -0.392 e. The summed E-state index contributed by atoms with van der Waals surface area (Å²) in [7, 11) is 0. The second-order valence-electron chi connectivity index (χ2n) is 4.89. The Labute approximate surface area is 117 Å². The van der Waals surface area contributed by atoms with Gasteiger partial charge < -0.3 is 9.67 Å². The van der Waals surface area contributed by atoms with E-state index < -0.39 is 0 Å². The maximum atomic E-state index is 9.26. The summed E-state index contributed by atoms with van der Waals surface area (Å²) in [5, 5.41) is 14.7. The molecule has 0 unspecified atom stereocenters. The highest BCUT2D eigenvalue weighted by Gasteiger charge is 2.07. The lowest BCUT2D eigenvalue weighted by Gasteiger charge is -2.07. The number of nitrogens with zero attached hydrogens (tertiary/aromatic N) is 4. The highest BCUT2D eigenvalue weighted by Crippen LogP contribution is 2.18. The van der Waals surface area contributed by atoms with Gasteiger partial charge in [0.15, 0.2) is 0 Å². The fourth-order valence-corrected chi connectivity index (χ4v) is 2.43. The fraction of sp³-hybridized carbons (Fsp3) is 0.333. The molecule has 5 nitrogen and oxygen atoms in total. The van der Waals surface area contributed by atoms with Crippen molar-refractivity contribution < 1.29 is 5.11 Å². The molecule has 3 rings (SSSR count). The summed E-state index contributed by atoms with van der Waals surface area (Å²) in [6.07, 6.45) is 4.70. The molecule has 0 radical (unpaired) electrons. The number of hydrogen-bond acceptors (Lipinski definition) is 3. The van der Waals surface area contributed by atoms with Crippen molar-refractivity contribution in [2.45, 2.75) is 33.0 Å². The lowest BCUT2D eigenvalue weighted by Crippen LogP contribution is -2.09. The quantitative estimate of drug-likeness (QED) is 0.773. The van der Waals surface area contributed by atoms with Crippen LogP contribution in [0.2, 0.25) is 0 Å². The van der Waals surface area contributed by atoms with Crippen molar-refractivity contribution in [1.29, 1.82) is 0 Å². The van der Waals surface area contributed by atoms with E-state index in [-0.39, 0.29) is 6.61 Å². The van der Waals surface area contributed by atoms with Gasteiger partial charge in [-0.05, 0) is 29.5 Å². The molecule has 0 aliphatic heterocycles. The smallest absolute Gasteiger partial charge is 0.146 e. The zero-order chi connectivity index (χ0) is 13.9. The number of aliphatic hydroxyl groups excluding tert-OH is 1. The van der Waals surface area contributed by atoms with E-state index in [0.29, 0.717) is 6.54 Å². The van der Waals surface area contributed by atoms with Gasteiger partial charge in [0, 0.05) is 18.3 Å². The number of aromatic nitrogens is 4. The van der Waals surface area contributed by atoms with Crippen molar-refractivity contribution in [1.82, 2.24) is 19.3 Å². The summed E-state index contributed by atoms with van der Waals surface area (Å²) in [4.78, 5) is 4.34. The van der Waals surface area contributed by atoms with Gasteiger partial charge in [-0.3, -0.25) is 0 Å². The van der Waals surface area contributed by atoms with Crippen LogP contribution in [0.25, 0.3) is 10.9 Å². The summed E-state index contributed by atoms with van der Waals surface area (Å²) >= 11 is 0. The topological polar surface area (TPSA) is 55.9 Å². The highest BCUT2D eigenvalue weighted by atomic mass is 16.3. The van der Waals surface area contributed by atoms with Crippen LogP contribution >= 0.6 is 0 Å². The Balaban J connectivity index is 1.95. The lowest BCUT2D eigenvalue weighted by molar-refractivity contribution is 0.282. The number of aliphatic hydroxyl groups is 1. The van der Waals surface area contributed by atoms with E-state index in [4.69, 9.17) is 0 Å². The van der Waals surface area contributed by atoms with E-state index in [0.717, 1.165) is 29.9 Å². The van der Waals surface area contributed by atoms with Gasteiger partial charge in [-0.2, -0.15) is 5.10 Å². The first kappa shape index (κ1) is 12.9. The minimum atomic E-state index is 0.0626. The monoisotopic (exact) mass is 270 g/mol. The largest absolute Gasteiger partial charge is 0.392 e. The molecule has 1 N–H and O–H groups in total. The van der Waals surface area contributed by atoms with Crippen molar-refractivity contribution in [2.24, 2.45) is 0 Å². The van der Waals surface area contributed by atoms with E-state index in [1.54, 1.807) is 6.33 Å². The number of hydrogen-bond donors (Lipinski definition) is 1. The van der Waals surface area contributed by atoms with Gasteiger partial charge in [-0.15, -0.1) is 0 Å². The molecule has 0 atom stereocenters. The Hall–Kier alpha value is -2.14. The molecule has 2 aromatic heterocycles. The molecule has 0 saturated heterocycles. The van der Waals surface area contributed by atoms with Crippen LogP contribution in [0.4, 0.5) is 0 Å². The Morgan fingerprint density at radius 2 is 2.15 bits per heavy atom. The van der Waals surface area contributed by atoms with Crippen LogP contribution in [0.1, 0.15) is 24.7 Å². The van der Waals surface area contributed by atoms with Crippen LogP contribution in [0.3, 0.4) is 0 Å². The number of fused-ring (bicyclic) bond motifs is 1. The third-order valence-electron chi connectivity index (χ3n) is 3.46. The number of rotatable bonds is 5. The zero-order valence-electron chi connectivity index (χ0n) is 11.5. The number of benzene rings is 1. The summed E-state index contributed by atoms with van der Waals surface area (Å²) in [5.74, 6) is 0.957. The second kappa shape index (κ2) is 5.46. The third-order valence-corrected chi connectivity index (χ3v) is 3.46. The van der Waals surface area contributed by atoms with Crippen LogP contribution in [0.5, 0.6) is 0 Å². The van der Waals surface area contributed by atoms with Crippen LogP contribution < -0.4 is 0 Å². The van der Waals surface area contributed by atoms with Gasteiger partial charge >= 0.3 is 0 Å². The van der Waals surface area contributed by atoms with Crippen LogP contribution in [0, 0.1) is 0 Å². The normalized spacial score (nSPS) is 11.3. The van der Waals surface area contributed by atoms with Crippen LogP contribution in [-0.2, 0) is 19.7 Å². The van der Waals surface area contributed by atoms with Gasteiger partial charge in [0.05, 0.1) is 13.2 Å². The van der Waals surface area contributed by atoms with E-state index in [9.17, 15) is 5.11 Å². The first-order chi connectivity index (χ1) is 9.81.